The molecule has 1 aromatic carbocycles. The zero-order chi connectivity index (χ0) is 16.3. The van der Waals surface area contributed by atoms with Crippen LogP contribution >= 0.6 is 0 Å². The SMILES string of the molecule is COc1cccc([C@H]2CN(C(=O)OC(C)(C)C)C[C@@H]2CN)c1. The summed E-state index contributed by atoms with van der Waals surface area (Å²) >= 11 is 0. The third kappa shape index (κ3) is 3.91. The van der Waals surface area contributed by atoms with Gasteiger partial charge in [-0.05, 0) is 50.9 Å². The van der Waals surface area contributed by atoms with Gasteiger partial charge in [0.05, 0.1) is 7.11 Å². The fourth-order valence-corrected chi connectivity index (χ4v) is 2.84. The smallest absolute Gasteiger partial charge is 0.410 e. The molecule has 1 heterocycles. The van der Waals surface area contributed by atoms with Gasteiger partial charge >= 0.3 is 6.09 Å². The first-order chi connectivity index (χ1) is 10.3. The summed E-state index contributed by atoms with van der Waals surface area (Å²) in [5.41, 5.74) is 6.58. The summed E-state index contributed by atoms with van der Waals surface area (Å²) in [6.07, 6.45) is -0.267. The molecule has 1 aliphatic heterocycles. The minimum Gasteiger partial charge on any atom is -0.497 e. The second-order valence-corrected chi connectivity index (χ2v) is 6.76. The van der Waals surface area contributed by atoms with Crippen molar-refractivity contribution < 1.29 is 14.3 Å². The number of nitrogens with two attached hydrogens (primary N) is 1. The summed E-state index contributed by atoms with van der Waals surface area (Å²) < 4.78 is 10.8. The molecule has 1 aliphatic rings. The molecule has 5 nitrogen and oxygen atoms in total. The van der Waals surface area contributed by atoms with E-state index in [2.05, 4.69) is 6.07 Å². The van der Waals surface area contributed by atoms with Crippen molar-refractivity contribution in [2.24, 2.45) is 11.7 Å². The Morgan fingerprint density at radius 2 is 2.09 bits per heavy atom. The van der Waals surface area contributed by atoms with E-state index in [1.165, 1.54) is 0 Å². The molecule has 5 heteroatoms. The Labute approximate surface area is 132 Å². The van der Waals surface area contributed by atoms with Gasteiger partial charge < -0.3 is 20.1 Å². The highest BCUT2D eigenvalue weighted by Crippen LogP contribution is 2.34. The number of hydrogen-bond acceptors (Lipinski definition) is 4. The molecule has 1 amide bonds. The van der Waals surface area contributed by atoms with E-state index in [0.717, 1.165) is 11.3 Å². The predicted octanol–water partition coefficient (Wildman–Crippen LogP) is 2.60. The summed E-state index contributed by atoms with van der Waals surface area (Å²) in [5.74, 6) is 1.27. The Hall–Kier alpha value is -1.75. The van der Waals surface area contributed by atoms with Gasteiger partial charge in [0.2, 0.25) is 0 Å². The maximum absolute atomic E-state index is 12.3. The van der Waals surface area contributed by atoms with Crippen molar-refractivity contribution in [3.8, 4) is 5.75 Å². The van der Waals surface area contributed by atoms with E-state index in [-0.39, 0.29) is 17.9 Å². The molecule has 2 atom stereocenters. The maximum atomic E-state index is 12.3. The molecular formula is C17H26N2O3. The first-order valence-corrected chi connectivity index (χ1v) is 7.66. The Bertz CT molecular complexity index is 525. The van der Waals surface area contributed by atoms with E-state index >= 15 is 0 Å². The second-order valence-electron chi connectivity index (χ2n) is 6.76. The Morgan fingerprint density at radius 3 is 2.68 bits per heavy atom. The van der Waals surface area contributed by atoms with Crippen LogP contribution in [-0.2, 0) is 4.74 Å². The highest BCUT2D eigenvalue weighted by Gasteiger charge is 2.37. The number of hydrogen-bond donors (Lipinski definition) is 1. The van der Waals surface area contributed by atoms with Gasteiger partial charge in [0.25, 0.3) is 0 Å². The monoisotopic (exact) mass is 306 g/mol. The third-order valence-corrected chi connectivity index (χ3v) is 3.92. The zero-order valence-electron chi connectivity index (χ0n) is 13.8. The molecule has 0 aliphatic carbocycles. The molecule has 0 aromatic heterocycles. The average Bonchev–Trinajstić information content (AvgIpc) is 2.90. The van der Waals surface area contributed by atoms with Crippen LogP contribution < -0.4 is 10.5 Å². The summed E-state index contributed by atoms with van der Waals surface area (Å²) in [4.78, 5) is 14.0. The number of carbonyl (C=O) groups is 1. The topological polar surface area (TPSA) is 64.8 Å². The van der Waals surface area contributed by atoms with Crippen LogP contribution in [0.1, 0.15) is 32.3 Å². The van der Waals surface area contributed by atoms with E-state index < -0.39 is 5.60 Å². The minimum atomic E-state index is -0.483. The predicted molar refractivity (Wildman–Crippen MR) is 86.1 cm³/mol. The fourth-order valence-electron chi connectivity index (χ4n) is 2.84. The quantitative estimate of drug-likeness (QED) is 0.932. The first-order valence-electron chi connectivity index (χ1n) is 7.66. The molecule has 22 heavy (non-hydrogen) atoms. The molecule has 2 rings (SSSR count). The van der Waals surface area contributed by atoms with E-state index in [1.807, 2.05) is 39.0 Å². The van der Waals surface area contributed by atoms with Crippen molar-refractivity contribution >= 4 is 6.09 Å². The molecule has 0 spiro atoms. The molecule has 0 saturated carbocycles. The van der Waals surface area contributed by atoms with Crippen LogP contribution in [-0.4, -0.2) is 43.3 Å². The second kappa shape index (κ2) is 6.57. The van der Waals surface area contributed by atoms with Crippen molar-refractivity contribution in [1.29, 1.82) is 0 Å². The van der Waals surface area contributed by atoms with Gasteiger partial charge in [-0.2, -0.15) is 0 Å². The lowest BCUT2D eigenvalue weighted by Gasteiger charge is -2.24. The fraction of sp³-hybridized carbons (Fsp3) is 0.588. The summed E-state index contributed by atoms with van der Waals surface area (Å²) in [5, 5.41) is 0. The number of carbonyl (C=O) groups excluding carboxylic acids is 1. The molecule has 0 radical (unpaired) electrons. The Kier molecular flexibility index (Phi) is 4.96. The number of methoxy groups -OCH3 is 1. The van der Waals surface area contributed by atoms with E-state index in [0.29, 0.717) is 19.6 Å². The minimum absolute atomic E-state index is 0.215. The van der Waals surface area contributed by atoms with Crippen LogP contribution in [0.3, 0.4) is 0 Å². The van der Waals surface area contributed by atoms with Gasteiger partial charge in [-0.25, -0.2) is 4.79 Å². The number of nitrogens with zero attached hydrogens (tertiary/aromatic N) is 1. The molecular weight excluding hydrogens is 280 g/mol. The van der Waals surface area contributed by atoms with E-state index in [9.17, 15) is 4.79 Å². The largest absolute Gasteiger partial charge is 0.497 e. The highest BCUT2D eigenvalue weighted by atomic mass is 16.6. The van der Waals surface area contributed by atoms with Gasteiger partial charge in [-0.15, -0.1) is 0 Å². The molecule has 2 N–H and O–H groups in total. The average molecular weight is 306 g/mol. The summed E-state index contributed by atoms with van der Waals surface area (Å²) in [7, 11) is 1.65. The molecule has 122 valence electrons. The number of likely N-dealkylation sites (tertiary alicyclic amines) is 1. The molecule has 0 bridgehead atoms. The highest BCUT2D eigenvalue weighted by molar-refractivity contribution is 5.68. The molecule has 1 saturated heterocycles. The molecule has 0 unspecified atom stereocenters. The van der Waals surface area contributed by atoms with E-state index in [4.69, 9.17) is 15.2 Å². The van der Waals surface area contributed by atoms with Crippen molar-refractivity contribution in [3.05, 3.63) is 29.8 Å². The van der Waals surface area contributed by atoms with Crippen molar-refractivity contribution in [1.82, 2.24) is 4.90 Å². The van der Waals surface area contributed by atoms with Gasteiger partial charge in [-0.3, -0.25) is 0 Å². The molecule has 1 aromatic rings. The lowest BCUT2D eigenvalue weighted by Crippen LogP contribution is -2.35. The van der Waals surface area contributed by atoms with E-state index in [1.54, 1.807) is 12.0 Å². The van der Waals surface area contributed by atoms with Crippen LogP contribution in [0.25, 0.3) is 0 Å². The lowest BCUT2D eigenvalue weighted by molar-refractivity contribution is 0.0287. The van der Waals surface area contributed by atoms with Crippen LogP contribution in [0.5, 0.6) is 5.75 Å². The van der Waals surface area contributed by atoms with Crippen molar-refractivity contribution in [3.63, 3.8) is 0 Å². The normalized spacial score (nSPS) is 21.8. The lowest BCUT2D eigenvalue weighted by atomic mass is 9.89. The Morgan fingerprint density at radius 1 is 1.36 bits per heavy atom. The Balaban J connectivity index is 2.14. The number of ether oxygens (including phenoxy) is 2. The van der Waals surface area contributed by atoms with Crippen LogP contribution in [0.4, 0.5) is 4.79 Å². The van der Waals surface area contributed by atoms with Gasteiger partial charge in [0.15, 0.2) is 0 Å². The van der Waals surface area contributed by atoms with Crippen LogP contribution in [0.15, 0.2) is 24.3 Å². The third-order valence-electron chi connectivity index (χ3n) is 3.92. The number of benzene rings is 1. The standard InChI is InChI=1S/C17H26N2O3/c1-17(2,3)22-16(20)19-10-13(9-18)15(11-19)12-6-5-7-14(8-12)21-4/h5-8,13,15H,9-11,18H2,1-4H3/t13-,15+/m0/s1. The van der Waals surface area contributed by atoms with Crippen LogP contribution in [0, 0.1) is 5.92 Å². The van der Waals surface area contributed by atoms with Gasteiger partial charge in [0.1, 0.15) is 11.4 Å². The van der Waals surface area contributed by atoms with Gasteiger partial charge in [0, 0.05) is 19.0 Å². The van der Waals surface area contributed by atoms with Crippen molar-refractivity contribution in [2.45, 2.75) is 32.3 Å². The van der Waals surface area contributed by atoms with Gasteiger partial charge in [-0.1, -0.05) is 12.1 Å². The van der Waals surface area contributed by atoms with Crippen molar-refractivity contribution in [2.75, 3.05) is 26.7 Å². The number of rotatable bonds is 3. The maximum Gasteiger partial charge on any atom is 0.410 e. The molecule has 1 fully saturated rings. The first kappa shape index (κ1) is 16.6. The number of amides is 1. The summed E-state index contributed by atoms with van der Waals surface area (Å²) in [6, 6.07) is 7.97. The summed E-state index contributed by atoms with van der Waals surface area (Å²) in [6.45, 7) is 7.43. The zero-order valence-corrected chi connectivity index (χ0v) is 13.8. The van der Waals surface area contributed by atoms with Crippen LogP contribution in [0.2, 0.25) is 0 Å².